The average Bonchev–Trinajstić information content (AvgIpc) is 2.74. The van der Waals surface area contributed by atoms with Gasteiger partial charge < -0.3 is 19.9 Å². The summed E-state index contributed by atoms with van der Waals surface area (Å²) in [6, 6.07) is 10.0. The van der Waals surface area contributed by atoms with Crippen LogP contribution < -0.4 is 14.8 Å². The van der Waals surface area contributed by atoms with Crippen LogP contribution in [0.25, 0.3) is 11.1 Å². The number of anilines is 1. The zero-order valence-corrected chi connectivity index (χ0v) is 16.1. The number of aliphatic carboxylic acids is 1. The van der Waals surface area contributed by atoms with Crippen molar-refractivity contribution in [3.8, 4) is 22.8 Å². The summed E-state index contributed by atoms with van der Waals surface area (Å²) in [4.78, 5) is 15.5. The van der Waals surface area contributed by atoms with E-state index in [1.165, 1.54) is 0 Å². The predicted octanol–water partition coefficient (Wildman–Crippen LogP) is 4.35. The van der Waals surface area contributed by atoms with E-state index in [-0.39, 0.29) is 18.1 Å². The number of carboxylic acid groups (broad SMARTS) is 1. The number of pyridine rings is 1. The lowest BCUT2D eigenvalue weighted by molar-refractivity contribution is -0.143. The Bertz CT molecular complexity index is 829. The molecule has 1 atom stereocenters. The molecule has 1 fully saturated rings. The SMILES string of the molecule is CCC1CNc2ccc(-c3ccc(OC4CCC(C(=O)O)CC4)nc3)cc2O1. The van der Waals surface area contributed by atoms with Crippen LogP contribution >= 0.6 is 0 Å². The fourth-order valence-electron chi connectivity index (χ4n) is 3.84. The van der Waals surface area contributed by atoms with Crippen LogP contribution in [0.15, 0.2) is 36.5 Å². The number of nitrogens with zero attached hydrogens (tertiary/aromatic N) is 1. The quantitative estimate of drug-likeness (QED) is 0.800. The van der Waals surface area contributed by atoms with Crippen molar-refractivity contribution in [3.05, 3.63) is 36.5 Å². The summed E-state index contributed by atoms with van der Waals surface area (Å²) >= 11 is 0. The minimum atomic E-state index is -0.699. The van der Waals surface area contributed by atoms with E-state index >= 15 is 0 Å². The van der Waals surface area contributed by atoms with Gasteiger partial charge in [0.1, 0.15) is 18.0 Å². The summed E-state index contributed by atoms with van der Waals surface area (Å²) in [5, 5.41) is 12.5. The zero-order chi connectivity index (χ0) is 19.5. The van der Waals surface area contributed by atoms with Crippen LogP contribution in [0, 0.1) is 5.92 Å². The second-order valence-electron chi connectivity index (χ2n) is 7.55. The van der Waals surface area contributed by atoms with Crippen molar-refractivity contribution in [2.45, 2.75) is 51.2 Å². The van der Waals surface area contributed by atoms with Crippen molar-refractivity contribution < 1.29 is 19.4 Å². The van der Waals surface area contributed by atoms with E-state index in [0.717, 1.165) is 48.4 Å². The molecule has 28 heavy (non-hydrogen) atoms. The highest BCUT2D eigenvalue weighted by atomic mass is 16.5. The standard InChI is InChI=1S/C22H26N2O4/c1-2-17-13-23-19-9-5-15(11-20(19)27-17)16-6-10-21(24-12-16)28-18-7-3-14(4-8-18)22(25)26/h5-6,9-12,14,17-18,23H,2-4,7-8,13H2,1H3,(H,25,26). The van der Waals surface area contributed by atoms with Crippen LogP contribution in [0.3, 0.4) is 0 Å². The molecule has 0 spiro atoms. The molecular formula is C22H26N2O4. The maximum absolute atomic E-state index is 11.1. The smallest absolute Gasteiger partial charge is 0.306 e. The minimum absolute atomic E-state index is 0.0446. The summed E-state index contributed by atoms with van der Waals surface area (Å²) < 4.78 is 12.0. The second kappa shape index (κ2) is 8.09. The molecule has 2 aliphatic rings. The van der Waals surface area contributed by atoms with Crippen LogP contribution in [-0.4, -0.2) is 34.8 Å². The first-order valence-corrected chi connectivity index (χ1v) is 10.0. The lowest BCUT2D eigenvalue weighted by Gasteiger charge is -2.27. The van der Waals surface area contributed by atoms with Crippen molar-refractivity contribution in [1.29, 1.82) is 0 Å². The van der Waals surface area contributed by atoms with Gasteiger partial charge in [-0.15, -0.1) is 0 Å². The van der Waals surface area contributed by atoms with Crippen LogP contribution in [0.5, 0.6) is 11.6 Å². The first-order chi connectivity index (χ1) is 13.6. The zero-order valence-electron chi connectivity index (χ0n) is 16.1. The van der Waals surface area contributed by atoms with Gasteiger partial charge in [-0.1, -0.05) is 13.0 Å². The number of carboxylic acids is 1. The molecule has 2 heterocycles. The number of nitrogens with one attached hydrogen (secondary N) is 1. The predicted molar refractivity (Wildman–Crippen MR) is 107 cm³/mol. The fourth-order valence-corrected chi connectivity index (χ4v) is 3.84. The number of ether oxygens (including phenoxy) is 2. The molecule has 0 amide bonds. The average molecular weight is 382 g/mol. The molecule has 1 aromatic heterocycles. The Morgan fingerprint density at radius 3 is 2.68 bits per heavy atom. The van der Waals surface area contributed by atoms with Crippen molar-refractivity contribution in [2.75, 3.05) is 11.9 Å². The number of aromatic nitrogens is 1. The Kier molecular flexibility index (Phi) is 5.37. The van der Waals surface area contributed by atoms with Crippen molar-refractivity contribution in [1.82, 2.24) is 4.98 Å². The molecular weight excluding hydrogens is 356 g/mol. The molecule has 4 rings (SSSR count). The Balaban J connectivity index is 1.41. The van der Waals surface area contributed by atoms with Gasteiger partial charge in [-0.2, -0.15) is 0 Å². The normalized spacial score (nSPS) is 23.8. The maximum Gasteiger partial charge on any atom is 0.306 e. The molecule has 6 heteroatoms. The Morgan fingerprint density at radius 1 is 1.21 bits per heavy atom. The van der Waals surface area contributed by atoms with Gasteiger partial charge in [0.2, 0.25) is 5.88 Å². The molecule has 0 bridgehead atoms. The summed E-state index contributed by atoms with van der Waals surface area (Å²) in [5.74, 6) is 0.536. The van der Waals surface area contributed by atoms with Crippen molar-refractivity contribution in [3.63, 3.8) is 0 Å². The topological polar surface area (TPSA) is 80.7 Å². The molecule has 1 saturated carbocycles. The molecule has 1 aliphatic carbocycles. The third-order valence-electron chi connectivity index (χ3n) is 5.63. The summed E-state index contributed by atoms with van der Waals surface area (Å²) in [6.45, 7) is 2.96. The Morgan fingerprint density at radius 2 is 2.00 bits per heavy atom. The van der Waals surface area contributed by atoms with Gasteiger partial charge in [-0.05, 0) is 55.9 Å². The summed E-state index contributed by atoms with van der Waals surface area (Å²) in [6.07, 6.45) is 5.88. The van der Waals surface area contributed by atoms with Crippen molar-refractivity contribution >= 4 is 11.7 Å². The maximum atomic E-state index is 11.1. The first-order valence-electron chi connectivity index (χ1n) is 10.0. The summed E-state index contributed by atoms with van der Waals surface area (Å²) in [7, 11) is 0. The number of hydrogen-bond donors (Lipinski definition) is 2. The van der Waals surface area contributed by atoms with Crippen molar-refractivity contribution in [2.24, 2.45) is 5.92 Å². The van der Waals surface area contributed by atoms with Gasteiger partial charge in [0.15, 0.2) is 0 Å². The van der Waals surface area contributed by atoms with Gasteiger partial charge in [0, 0.05) is 17.8 Å². The third-order valence-corrected chi connectivity index (χ3v) is 5.63. The number of hydrogen-bond acceptors (Lipinski definition) is 5. The molecule has 6 nitrogen and oxygen atoms in total. The Hall–Kier alpha value is -2.76. The number of rotatable bonds is 5. The second-order valence-corrected chi connectivity index (χ2v) is 7.55. The first kappa shape index (κ1) is 18.6. The highest BCUT2D eigenvalue weighted by Crippen LogP contribution is 2.34. The lowest BCUT2D eigenvalue weighted by Crippen LogP contribution is -2.29. The van der Waals surface area contributed by atoms with E-state index in [1.807, 2.05) is 24.4 Å². The van der Waals surface area contributed by atoms with Crippen LogP contribution in [0.4, 0.5) is 5.69 Å². The van der Waals surface area contributed by atoms with Crippen LogP contribution in [-0.2, 0) is 4.79 Å². The highest BCUT2D eigenvalue weighted by molar-refractivity contribution is 5.71. The molecule has 1 unspecified atom stereocenters. The van der Waals surface area contributed by atoms with Crippen LogP contribution in [0.1, 0.15) is 39.0 Å². The highest BCUT2D eigenvalue weighted by Gasteiger charge is 2.27. The minimum Gasteiger partial charge on any atom is -0.486 e. The van der Waals surface area contributed by atoms with E-state index in [0.29, 0.717) is 18.7 Å². The van der Waals surface area contributed by atoms with Gasteiger partial charge >= 0.3 is 5.97 Å². The summed E-state index contributed by atoms with van der Waals surface area (Å²) in [5.41, 5.74) is 3.09. The fraction of sp³-hybridized carbons (Fsp3) is 0.455. The van der Waals surface area contributed by atoms with Gasteiger partial charge in [0.05, 0.1) is 18.2 Å². The van der Waals surface area contributed by atoms with E-state index in [4.69, 9.17) is 14.6 Å². The molecule has 0 saturated heterocycles. The molecule has 2 N–H and O–H groups in total. The lowest BCUT2D eigenvalue weighted by atomic mass is 9.87. The molecule has 2 aromatic rings. The number of fused-ring (bicyclic) bond motifs is 1. The third kappa shape index (κ3) is 4.06. The molecule has 1 aliphatic heterocycles. The van der Waals surface area contributed by atoms with E-state index < -0.39 is 5.97 Å². The largest absolute Gasteiger partial charge is 0.486 e. The number of benzene rings is 1. The van der Waals surface area contributed by atoms with Gasteiger partial charge in [-0.3, -0.25) is 4.79 Å². The van der Waals surface area contributed by atoms with Gasteiger partial charge in [-0.25, -0.2) is 4.98 Å². The Labute approximate surface area is 164 Å². The van der Waals surface area contributed by atoms with E-state index in [2.05, 4.69) is 29.4 Å². The van der Waals surface area contributed by atoms with Gasteiger partial charge in [0.25, 0.3) is 0 Å². The van der Waals surface area contributed by atoms with E-state index in [9.17, 15) is 4.79 Å². The monoisotopic (exact) mass is 382 g/mol. The molecule has 1 aromatic carbocycles. The van der Waals surface area contributed by atoms with Crippen LogP contribution in [0.2, 0.25) is 0 Å². The number of carbonyl (C=O) groups is 1. The molecule has 148 valence electrons. The van der Waals surface area contributed by atoms with E-state index in [1.54, 1.807) is 0 Å². The molecule has 0 radical (unpaired) electrons.